The van der Waals surface area contributed by atoms with Crippen LogP contribution in [0.2, 0.25) is 0 Å². The Balaban J connectivity index is 2.41. The van der Waals surface area contributed by atoms with Crippen molar-refractivity contribution in [1.82, 2.24) is 0 Å². The molecule has 0 aromatic heterocycles. The van der Waals surface area contributed by atoms with E-state index in [1.54, 1.807) is 0 Å². The molecule has 0 amide bonds. The standard InChI is InChI=1S/C13H18O/c1-3-11-6-4-5-7-12(11)13(8-9-13)10(2)14/h4-7,10,14H,3,8-9H2,1-2H3. The highest BCUT2D eigenvalue weighted by atomic mass is 16.3. The van der Waals surface area contributed by atoms with Crippen molar-refractivity contribution in [3.8, 4) is 0 Å². The van der Waals surface area contributed by atoms with Crippen LogP contribution in [-0.2, 0) is 11.8 Å². The predicted octanol–water partition coefficient (Wildman–Crippen LogP) is 2.66. The van der Waals surface area contributed by atoms with Crippen LogP contribution in [0, 0.1) is 0 Å². The largest absolute Gasteiger partial charge is 0.392 e. The summed E-state index contributed by atoms with van der Waals surface area (Å²) in [6.45, 7) is 4.09. The molecule has 1 fully saturated rings. The van der Waals surface area contributed by atoms with Gasteiger partial charge in [0.1, 0.15) is 0 Å². The van der Waals surface area contributed by atoms with Gasteiger partial charge >= 0.3 is 0 Å². The molecular weight excluding hydrogens is 172 g/mol. The third kappa shape index (κ3) is 1.36. The van der Waals surface area contributed by atoms with Crippen LogP contribution in [0.15, 0.2) is 24.3 Å². The Morgan fingerprint density at radius 2 is 2.00 bits per heavy atom. The summed E-state index contributed by atoms with van der Waals surface area (Å²) in [5.41, 5.74) is 2.86. The molecule has 1 aliphatic carbocycles. The van der Waals surface area contributed by atoms with Gasteiger partial charge in [0.05, 0.1) is 6.10 Å². The minimum atomic E-state index is -0.213. The van der Waals surface area contributed by atoms with Gasteiger partial charge in [-0.1, -0.05) is 31.2 Å². The fourth-order valence-electron chi connectivity index (χ4n) is 2.36. The number of aryl methyl sites for hydroxylation is 1. The highest BCUT2D eigenvalue weighted by Gasteiger charge is 2.49. The first-order valence-electron chi connectivity index (χ1n) is 5.47. The van der Waals surface area contributed by atoms with Gasteiger partial charge in [-0.25, -0.2) is 0 Å². The number of benzene rings is 1. The molecule has 0 spiro atoms. The SMILES string of the molecule is CCc1ccccc1C1(C(C)O)CC1. The average molecular weight is 190 g/mol. The van der Waals surface area contributed by atoms with E-state index in [-0.39, 0.29) is 11.5 Å². The molecule has 1 saturated carbocycles. The molecule has 1 N–H and O–H groups in total. The first kappa shape index (κ1) is 9.72. The van der Waals surface area contributed by atoms with Crippen molar-refractivity contribution in [2.75, 3.05) is 0 Å². The third-order valence-corrected chi connectivity index (χ3v) is 3.52. The topological polar surface area (TPSA) is 20.2 Å². The van der Waals surface area contributed by atoms with Gasteiger partial charge in [-0.05, 0) is 37.3 Å². The molecule has 2 rings (SSSR count). The Morgan fingerprint density at radius 3 is 2.50 bits per heavy atom. The molecule has 1 aromatic rings. The number of hydrogen-bond acceptors (Lipinski definition) is 1. The van der Waals surface area contributed by atoms with Crippen LogP contribution in [0.3, 0.4) is 0 Å². The summed E-state index contributed by atoms with van der Waals surface area (Å²) in [5, 5.41) is 9.82. The van der Waals surface area contributed by atoms with Gasteiger partial charge < -0.3 is 5.11 Å². The van der Waals surface area contributed by atoms with Crippen LogP contribution in [0.4, 0.5) is 0 Å². The van der Waals surface area contributed by atoms with Gasteiger partial charge in [0.2, 0.25) is 0 Å². The summed E-state index contributed by atoms with van der Waals surface area (Å²) >= 11 is 0. The van der Waals surface area contributed by atoms with Gasteiger partial charge in [-0.15, -0.1) is 0 Å². The molecule has 14 heavy (non-hydrogen) atoms. The summed E-state index contributed by atoms with van der Waals surface area (Å²) in [4.78, 5) is 0. The molecule has 1 unspecified atom stereocenters. The monoisotopic (exact) mass is 190 g/mol. The van der Waals surface area contributed by atoms with Gasteiger partial charge in [0, 0.05) is 5.41 Å². The zero-order valence-corrected chi connectivity index (χ0v) is 8.96. The highest BCUT2D eigenvalue weighted by molar-refractivity contribution is 5.39. The maximum atomic E-state index is 9.82. The molecule has 1 atom stereocenters. The van der Waals surface area contributed by atoms with E-state index in [1.165, 1.54) is 11.1 Å². The molecule has 0 aliphatic heterocycles. The predicted molar refractivity (Wildman–Crippen MR) is 58.4 cm³/mol. The van der Waals surface area contributed by atoms with E-state index >= 15 is 0 Å². The van der Waals surface area contributed by atoms with E-state index in [0.29, 0.717) is 0 Å². The van der Waals surface area contributed by atoms with Crippen molar-refractivity contribution in [2.45, 2.75) is 44.6 Å². The number of hydrogen-bond donors (Lipinski definition) is 1. The minimum Gasteiger partial charge on any atom is -0.392 e. The van der Waals surface area contributed by atoms with Crippen molar-refractivity contribution in [3.05, 3.63) is 35.4 Å². The smallest absolute Gasteiger partial charge is 0.0608 e. The molecule has 0 saturated heterocycles. The van der Waals surface area contributed by atoms with Gasteiger partial charge in [0.15, 0.2) is 0 Å². The molecule has 1 nitrogen and oxygen atoms in total. The zero-order chi connectivity index (χ0) is 10.2. The number of aliphatic hydroxyl groups excluding tert-OH is 1. The maximum absolute atomic E-state index is 9.82. The lowest BCUT2D eigenvalue weighted by Gasteiger charge is -2.21. The first-order valence-corrected chi connectivity index (χ1v) is 5.47. The van der Waals surface area contributed by atoms with Crippen LogP contribution in [0.25, 0.3) is 0 Å². The van der Waals surface area contributed by atoms with Gasteiger partial charge in [-0.3, -0.25) is 0 Å². The van der Waals surface area contributed by atoms with Crippen molar-refractivity contribution in [3.63, 3.8) is 0 Å². The van der Waals surface area contributed by atoms with Crippen LogP contribution < -0.4 is 0 Å². The number of rotatable bonds is 3. The average Bonchev–Trinajstić information content (AvgIpc) is 2.98. The second-order valence-electron chi connectivity index (χ2n) is 4.34. The Labute approximate surface area is 85.8 Å². The summed E-state index contributed by atoms with van der Waals surface area (Å²) in [5.74, 6) is 0. The fraction of sp³-hybridized carbons (Fsp3) is 0.538. The van der Waals surface area contributed by atoms with E-state index in [0.717, 1.165) is 19.3 Å². The molecular formula is C13H18O. The first-order chi connectivity index (χ1) is 6.70. The Morgan fingerprint density at radius 1 is 1.36 bits per heavy atom. The third-order valence-electron chi connectivity index (χ3n) is 3.52. The second kappa shape index (κ2) is 3.39. The molecule has 0 bridgehead atoms. The van der Waals surface area contributed by atoms with Crippen molar-refractivity contribution >= 4 is 0 Å². The van der Waals surface area contributed by atoms with Crippen LogP contribution in [0.1, 0.15) is 37.8 Å². The lowest BCUT2D eigenvalue weighted by molar-refractivity contribution is 0.150. The Bertz CT molecular complexity index is 324. The number of aliphatic hydroxyl groups is 1. The van der Waals surface area contributed by atoms with Crippen molar-refractivity contribution in [2.24, 2.45) is 0 Å². The normalized spacial score (nSPS) is 20.5. The Kier molecular flexibility index (Phi) is 2.36. The van der Waals surface area contributed by atoms with E-state index in [9.17, 15) is 5.11 Å². The van der Waals surface area contributed by atoms with E-state index in [2.05, 4.69) is 31.2 Å². The van der Waals surface area contributed by atoms with Gasteiger partial charge in [0.25, 0.3) is 0 Å². The van der Waals surface area contributed by atoms with Crippen LogP contribution >= 0.6 is 0 Å². The quantitative estimate of drug-likeness (QED) is 0.777. The summed E-state index contributed by atoms with van der Waals surface area (Å²) in [7, 11) is 0. The zero-order valence-electron chi connectivity index (χ0n) is 8.96. The van der Waals surface area contributed by atoms with E-state index in [1.807, 2.05) is 6.92 Å². The summed E-state index contributed by atoms with van der Waals surface area (Å²) in [6.07, 6.45) is 3.13. The summed E-state index contributed by atoms with van der Waals surface area (Å²) < 4.78 is 0. The molecule has 1 aliphatic rings. The molecule has 1 heteroatoms. The van der Waals surface area contributed by atoms with E-state index < -0.39 is 0 Å². The van der Waals surface area contributed by atoms with Crippen molar-refractivity contribution in [1.29, 1.82) is 0 Å². The van der Waals surface area contributed by atoms with Crippen LogP contribution in [0.5, 0.6) is 0 Å². The summed E-state index contributed by atoms with van der Waals surface area (Å²) in [6, 6.07) is 8.52. The minimum absolute atomic E-state index is 0.0899. The fourth-order valence-corrected chi connectivity index (χ4v) is 2.36. The highest BCUT2D eigenvalue weighted by Crippen LogP contribution is 2.51. The lowest BCUT2D eigenvalue weighted by Crippen LogP contribution is -2.23. The van der Waals surface area contributed by atoms with Crippen molar-refractivity contribution < 1.29 is 5.11 Å². The van der Waals surface area contributed by atoms with E-state index in [4.69, 9.17) is 0 Å². The lowest BCUT2D eigenvalue weighted by atomic mass is 9.86. The molecule has 0 radical (unpaired) electrons. The molecule has 1 aromatic carbocycles. The second-order valence-corrected chi connectivity index (χ2v) is 4.34. The molecule has 76 valence electrons. The van der Waals surface area contributed by atoms with Gasteiger partial charge in [-0.2, -0.15) is 0 Å². The van der Waals surface area contributed by atoms with Crippen LogP contribution in [-0.4, -0.2) is 11.2 Å². The Hall–Kier alpha value is -0.820. The molecule has 0 heterocycles. The maximum Gasteiger partial charge on any atom is 0.0608 e.